The maximum Gasteiger partial charge on any atom is 0.244 e. The van der Waals surface area contributed by atoms with Crippen LogP contribution in [0.15, 0.2) is 54.6 Å². The first-order valence-electron chi connectivity index (χ1n) is 7.59. The molecular formula is C19H20Cl2N2O. The van der Waals surface area contributed by atoms with E-state index in [2.05, 4.69) is 5.32 Å². The SMILES string of the molecule is CN(C)CC(NC(=O)/C=C/c1ccc(Cl)c(Cl)c1)c1ccccc1. The predicted molar refractivity (Wildman–Crippen MR) is 101 cm³/mol. The molecule has 0 heterocycles. The average Bonchev–Trinajstić information content (AvgIpc) is 2.56. The van der Waals surface area contributed by atoms with Gasteiger partial charge in [0.05, 0.1) is 16.1 Å². The fraction of sp³-hybridized carbons (Fsp3) is 0.211. The van der Waals surface area contributed by atoms with Gasteiger partial charge in [0.1, 0.15) is 0 Å². The number of rotatable bonds is 6. The Morgan fingerprint density at radius 3 is 2.46 bits per heavy atom. The summed E-state index contributed by atoms with van der Waals surface area (Å²) in [4.78, 5) is 14.3. The summed E-state index contributed by atoms with van der Waals surface area (Å²) in [6.07, 6.45) is 3.22. The van der Waals surface area contributed by atoms with Gasteiger partial charge in [-0.2, -0.15) is 0 Å². The van der Waals surface area contributed by atoms with Crippen molar-refractivity contribution in [3.8, 4) is 0 Å². The minimum Gasteiger partial charge on any atom is -0.344 e. The lowest BCUT2D eigenvalue weighted by Crippen LogP contribution is -2.34. The number of amides is 1. The van der Waals surface area contributed by atoms with Gasteiger partial charge in [-0.3, -0.25) is 4.79 Å². The monoisotopic (exact) mass is 362 g/mol. The summed E-state index contributed by atoms with van der Waals surface area (Å²) < 4.78 is 0. The van der Waals surface area contributed by atoms with Crippen molar-refractivity contribution in [1.29, 1.82) is 0 Å². The van der Waals surface area contributed by atoms with Gasteiger partial charge >= 0.3 is 0 Å². The maximum absolute atomic E-state index is 12.3. The van der Waals surface area contributed by atoms with Gasteiger partial charge in [0, 0.05) is 12.6 Å². The van der Waals surface area contributed by atoms with Crippen molar-refractivity contribution in [2.45, 2.75) is 6.04 Å². The zero-order valence-electron chi connectivity index (χ0n) is 13.7. The molecule has 2 rings (SSSR count). The van der Waals surface area contributed by atoms with Gasteiger partial charge < -0.3 is 10.2 Å². The Morgan fingerprint density at radius 2 is 1.83 bits per heavy atom. The summed E-state index contributed by atoms with van der Waals surface area (Å²) in [6, 6.07) is 15.1. The molecule has 5 heteroatoms. The second kappa shape index (κ2) is 8.88. The molecule has 0 saturated carbocycles. The Kier molecular flexibility index (Phi) is 6.85. The number of carbonyl (C=O) groups excluding carboxylic acids is 1. The lowest BCUT2D eigenvalue weighted by Gasteiger charge is -2.22. The van der Waals surface area contributed by atoms with E-state index in [1.807, 2.05) is 55.4 Å². The summed E-state index contributed by atoms with van der Waals surface area (Å²) in [5.74, 6) is -0.156. The Bertz CT molecular complexity index is 715. The molecule has 0 spiro atoms. The Hall–Kier alpha value is -1.81. The molecule has 0 aliphatic carbocycles. The highest BCUT2D eigenvalue weighted by Gasteiger charge is 2.13. The molecule has 126 valence electrons. The first kappa shape index (κ1) is 18.5. The molecule has 1 N–H and O–H groups in total. The van der Waals surface area contributed by atoms with Crippen LogP contribution in [0.5, 0.6) is 0 Å². The molecule has 0 aromatic heterocycles. The van der Waals surface area contributed by atoms with Gasteiger partial charge in [0.2, 0.25) is 5.91 Å². The Balaban J connectivity index is 2.07. The molecule has 0 aliphatic heterocycles. The largest absolute Gasteiger partial charge is 0.344 e. The quantitative estimate of drug-likeness (QED) is 0.771. The third kappa shape index (κ3) is 5.68. The summed E-state index contributed by atoms with van der Waals surface area (Å²) in [5.41, 5.74) is 1.89. The molecule has 1 amide bonds. The van der Waals surface area contributed by atoms with Crippen molar-refractivity contribution in [2.24, 2.45) is 0 Å². The van der Waals surface area contributed by atoms with E-state index in [-0.39, 0.29) is 11.9 Å². The van der Waals surface area contributed by atoms with Crippen LogP contribution in [0.25, 0.3) is 6.08 Å². The van der Waals surface area contributed by atoms with Gasteiger partial charge in [-0.05, 0) is 43.4 Å². The van der Waals surface area contributed by atoms with Crippen molar-refractivity contribution >= 4 is 35.2 Å². The fourth-order valence-electron chi connectivity index (χ4n) is 2.29. The van der Waals surface area contributed by atoms with Crippen molar-refractivity contribution in [2.75, 3.05) is 20.6 Å². The first-order chi connectivity index (χ1) is 11.5. The molecule has 0 fully saturated rings. The third-order valence-electron chi connectivity index (χ3n) is 3.44. The number of nitrogens with one attached hydrogen (secondary N) is 1. The lowest BCUT2D eigenvalue weighted by atomic mass is 10.1. The molecule has 0 saturated heterocycles. The number of halogens is 2. The summed E-state index contributed by atoms with van der Waals surface area (Å²) in [5, 5.41) is 3.99. The molecule has 1 atom stereocenters. The molecule has 2 aromatic rings. The van der Waals surface area contributed by atoms with Crippen LogP contribution < -0.4 is 5.32 Å². The molecule has 0 bridgehead atoms. The Morgan fingerprint density at radius 1 is 1.12 bits per heavy atom. The highest BCUT2D eigenvalue weighted by Crippen LogP contribution is 2.23. The standard InChI is InChI=1S/C19H20Cl2N2O/c1-23(2)13-18(15-6-4-3-5-7-15)22-19(24)11-9-14-8-10-16(20)17(21)12-14/h3-12,18H,13H2,1-2H3,(H,22,24)/b11-9+. The minimum absolute atomic E-state index is 0.0767. The zero-order chi connectivity index (χ0) is 17.5. The second-order valence-electron chi connectivity index (χ2n) is 5.74. The molecular weight excluding hydrogens is 343 g/mol. The first-order valence-corrected chi connectivity index (χ1v) is 8.34. The van der Waals surface area contributed by atoms with Crippen LogP contribution in [0.1, 0.15) is 17.2 Å². The van der Waals surface area contributed by atoms with Crippen LogP contribution in [-0.4, -0.2) is 31.4 Å². The maximum atomic E-state index is 12.3. The van der Waals surface area contributed by atoms with E-state index in [1.54, 1.807) is 18.2 Å². The van der Waals surface area contributed by atoms with Crippen LogP contribution in [0.2, 0.25) is 10.0 Å². The Labute approximate surface area is 152 Å². The van der Waals surface area contributed by atoms with Gasteiger partial charge in [0.25, 0.3) is 0 Å². The number of hydrogen-bond acceptors (Lipinski definition) is 2. The van der Waals surface area contributed by atoms with E-state index in [4.69, 9.17) is 23.2 Å². The van der Waals surface area contributed by atoms with E-state index in [0.717, 1.165) is 17.7 Å². The predicted octanol–water partition coefficient (Wildman–Crippen LogP) is 4.43. The number of hydrogen-bond donors (Lipinski definition) is 1. The van der Waals surface area contributed by atoms with Gasteiger partial charge in [-0.25, -0.2) is 0 Å². The third-order valence-corrected chi connectivity index (χ3v) is 4.18. The van der Waals surface area contributed by atoms with Gasteiger partial charge in [0.15, 0.2) is 0 Å². The summed E-state index contributed by atoms with van der Waals surface area (Å²) in [6.45, 7) is 0.719. The van der Waals surface area contributed by atoms with Crippen molar-refractivity contribution in [1.82, 2.24) is 10.2 Å². The average molecular weight is 363 g/mol. The molecule has 24 heavy (non-hydrogen) atoms. The number of nitrogens with zero attached hydrogens (tertiary/aromatic N) is 1. The van der Waals surface area contributed by atoms with Crippen LogP contribution in [-0.2, 0) is 4.79 Å². The van der Waals surface area contributed by atoms with E-state index in [0.29, 0.717) is 10.0 Å². The van der Waals surface area contributed by atoms with E-state index in [9.17, 15) is 4.79 Å². The van der Waals surface area contributed by atoms with Crippen LogP contribution in [0, 0.1) is 0 Å². The van der Waals surface area contributed by atoms with E-state index >= 15 is 0 Å². The molecule has 2 aromatic carbocycles. The van der Waals surface area contributed by atoms with Gasteiger partial charge in [-0.15, -0.1) is 0 Å². The van der Waals surface area contributed by atoms with Gasteiger partial charge in [-0.1, -0.05) is 59.6 Å². The molecule has 0 radical (unpaired) electrons. The summed E-state index contributed by atoms with van der Waals surface area (Å²) >= 11 is 11.9. The molecule has 3 nitrogen and oxygen atoms in total. The molecule has 1 unspecified atom stereocenters. The zero-order valence-corrected chi connectivity index (χ0v) is 15.2. The fourth-order valence-corrected chi connectivity index (χ4v) is 2.60. The van der Waals surface area contributed by atoms with Crippen LogP contribution in [0.3, 0.4) is 0 Å². The van der Waals surface area contributed by atoms with Crippen molar-refractivity contribution in [3.05, 3.63) is 75.8 Å². The minimum atomic E-state index is -0.156. The van der Waals surface area contributed by atoms with Crippen molar-refractivity contribution < 1.29 is 4.79 Å². The normalized spacial score (nSPS) is 12.5. The topological polar surface area (TPSA) is 32.3 Å². The highest BCUT2D eigenvalue weighted by molar-refractivity contribution is 6.42. The number of benzene rings is 2. The van der Waals surface area contributed by atoms with Crippen LogP contribution >= 0.6 is 23.2 Å². The van der Waals surface area contributed by atoms with E-state index < -0.39 is 0 Å². The summed E-state index contributed by atoms with van der Waals surface area (Å²) in [7, 11) is 3.96. The number of carbonyl (C=O) groups is 1. The van der Waals surface area contributed by atoms with Crippen LogP contribution in [0.4, 0.5) is 0 Å². The molecule has 0 aliphatic rings. The lowest BCUT2D eigenvalue weighted by molar-refractivity contribution is -0.117. The smallest absolute Gasteiger partial charge is 0.244 e. The van der Waals surface area contributed by atoms with E-state index in [1.165, 1.54) is 6.08 Å². The number of likely N-dealkylation sites (N-methyl/N-ethyl adjacent to an activating group) is 1. The second-order valence-corrected chi connectivity index (χ2v) is 6.56. The highest BCUT2D eigenvalue weighted by atomic mass is 35.5. The van der Waals surface area contributed by atoms with Crippen molar-refractivity contribution in [3.63, 3.8) is 0 Å².